The molecule has 2 N–H and O–H groups in total. The van der Waals surface area contributed by atoms with Crippen molar-refractivity contribution in [2.45, 2.75) is 38.5 Å². The standard InChI is InChI=1S/C16H20F3N3/c1-11-8-13-14(21-12-4-3-7-20-9-12)5-2-6-15(13)22(11)10-16(17,18)19/h2,5-6,8,12,20-21H,3-4,7,9-10H2,1H3. The Balaban J connectivity index is 1.93. The van der Waals surface area contributed by atoms with Crippen LogP contribution >= 0.6 is 0 Å². The lowest BCUT2D eigenvalue weighted by molar-refractivity contribution is -0.140. The van der Waals surface area contributed by atoms with E-state index in [4.69, 9.17) is 0 Å². The third-order valence-corrected chi connectivity index (χ3v) is 4.15. The lowest BCUT2D eigenvalue weighted by atomic mass is 10.1. The van der Waals surface area contributed by atoms with Gasteiger partial charge >= 0.3 is 6.18 Å². The van der Waals surface area contributed by atoms with E-state index >= 15 is 0 Å². The van der Waals surface area contributed by atoms with Gasteiger partial charge in [-0.05, 0) is 44.5 Å². The maximum Gasteiger partial charge on any atom is 0.406 e. The van der Waals surface area contributed by atoms with Gasteiger partial charge in [-0.2, -0.15) is 13.2 Å². The molecule has 0 bridgehead atoms. The summed E-state index contributed by atoms with van der Waals surface area (Å²) in [5, 5.41) is 7.66. The summed E-state index contributed by atoms with van der Waals surface area (Å²) in [7, 11) is 0. The van der Waals surface area contributed by atoms with Crippen molar-refractivity contribution in [1.82, 2.24) is 9.88 Å². The molecule has 2 aromatic rings. The number of hydrogen-bond donors (Lipinski definition) is 2. The Kier molecular flexibility index (Phi) is 4.04. The number of alkyl halides is 3. The van der Waals surface area contributed by atoms with Crippen molar-refractivity contribution < 1.29 is 13.2 Å². The number of benzene rings is 1. The van der Waals surface area contributed by atoms with Gasteiger partial charge in [0.25, 0.3) is 0 Å². The molecule has 1 fully saturated rings. The molecule has 3 nitrogen and oxygen atoms in total. The van der Waals surface area contributed by atoms with Crippen LogP contribution in [0.4, 0.5) is 18.9 Å². The highest BCUT2D eigenvalue weighted by molar-refractivity contribution is 5.93. The van der Waals surface area contributed by atoms with E-state index in [1.54, 1.807) is 13.0 Å². The van der Waals surface area contributed by atoms with Crippen LogP contribution in [0.15, 0.2) is 24.3 Å². The summed E-state index contributed by atoms with van der Waals surface area (Å²) in [5.41, 5.74) is 2.17. The number of nitrogens with zero attached hydrogens (tertiary/aromatic N) is 1. The largest absolute Gasteiger partial charge is 0.406 e. The highest BCUT2D eigenvalue weighted by Gasteiger charge is 2.29. The zero-order valence-corrected chi connectivity index (χ0v) is 12.5. The minimum atomic E-state index is -4.21. The summed E-state index contributed by atoms with van der Waals surface area (Å²) in [6.07, 6.45) is -2.03. The summed E-state index contributed by atoms with van der Waals surface area (Å²) in [6, 6.07) is 7.66. The fourth-order valence-corrected chi connectivity index (χ4v) is 3.13. The molecule has 0 radical (unpaired) electrons. The first-order valence-corrected chi connectivity index (χ1v) is 7.57. The lowest BCUT2D eigenvalue weighted by Gasteiger charge is -2.25. The van der Waals surface area contributed by atoms with Crippen molar-refractivity contribution in [2.24, 2.45) is 0 Å². The van der Waals surface area contributed by atoms with Crippen molar-refractivity contribution in [3.8, 4) is 0 Å². The minimum Gasteiger partial charge on any atom is -0.380 e. The number of aromatic nitrogens is 1. The molecule has 1 unspecified atom stereocenters. The maximum absolute atomic E-state index is 12.8. The van der Waals surface area contributed by atoms with E-state index in [1.807, 2.05) is 18.2 Å². The molecule has 2 heterocycles. The van der Waals surface area contributed by atoms with E-state index < -0.39 is 12.7 Å². The average molecular weight is 311 g/mol. The van der Waals surface area contributed by atoms with Gasteiger partial charge in [0.1, 0.15) is 6.54 Å². The first kappa shape index (κ1) is 15.2. The molecule has 0 aliphatic carbocycles. The Morgan fingerprint density at radius 1 is 1.36 bits per heavy atom. The molecule has 1 aromatic carbocycles. The van der Waals surface area contributed by atoms with E-state index in [-0.39, 0.29) is 0 Å². The molecular weight excluding hydrogens is 291 g/mol. The normalized spacial score (nSPS) is 19.5. The number of anilines is 1. The molecule has 1 saturated heterocycles. The number of fused-ring (bicyclic) bond motifs is 1. The molecule has 1 aliphatic heterocycles. The SMILES string of the molecule is Cc1cc2c(NC3CCCNC3)cccc2n1CC(F)(F)F. The van der Waals surface area contributed by atoms with Crippen LogP contribution in [0.25, 0.3) is 10.9 Å². The lowest BCUT2D eigenvalue weighted by Crippen LogP contribution is -2.38. The molecule has 6 heteroatoms. The van der Waals surface area contributed by atoms with Crippen LogP contribution in [0.2, 0.25) is 0 Å². The molecule has 1 aromatic heterocycles. The molecule has 22 heavy (non-hydrogen) atoms. The van der Waals surface area contributed by atoms with Gasteiger partial charge in [-0.15, -0.1) is 0 Å². The topological polar surface area (TPSA) is 29.0 Å². The Bertz CT molecular complexity index is 654. The van der Waals surface area contributed by atoms with E-state index in [2.05, 4.69) is 10.6 Å². The summed E-state index contributed by atoms with van der Waals surface area (Å²) in [4.78, 5) is 0. The van der Waals surface area contributed by atoms with E-state index in [9.17, 15) is 13.2 Å². The summed E-state index contributed by atoms with van der Waals surface area (Å²) in [5.74, 6) is 0. The molecule has 120 valence electrons. The second kappa shape index (κ2) is 5.83. The number of rotatable bonds is 3. The van der Waals surface area contributed by atoms with Crippen molar-refractivity contribution in [3.05, 3.63) is 30.0 Å². The van der Waals surface area contributed by atoms with Crippen molar-refractivity contribution >= 4 is 16.6 Å². The van der Waals surface area contributed by atoms with Crippen LogP contribution in [0.3, 0.4) is 0 Å². The van der Waals surface area contributed by atoms with E-state index in [1.165, 1.54) is 4.57 Å². The summed E-state index contributed by atoms with van der Waals surface area (Å²) >= 11 is 0. The van der Waals surface area contributed by atoms with Crippen molar-refractivity contribution in [1.29, 1.82) is 0 Å². The summed E-state index contributed by atoms with van der Waals surface area (Å²) in [6.45, 7) is 2.69. The Hall–Kier alpha value is -1.69. The number of aryl methyl sites for hydroxylation is 1. The van der Waals surface area contributed by atoms with Gasteiger partial charge < -0.3 is 15.2 Å². The molecular formula is C16H20F3N3. The number of hydrogen-bond acceptors (Lipinski definition) is 2. The highest BCUT2D eigenvalue weighted by atomic mass is 19.4. The van der Waals surface area contributed by atoms with Crippen LogP contribution in [0.5, 0.6) is 0 Å². The van der Waals surface area contributed by atoms with Crippen LogP contribution in [0, 0.1) is 6.92 Å². The quantitative estimate of drug-likeness (QED) is 0.905. The second-order valence-electron chi connectivity index (χ2n) is 5.91. The predicted octanol–water partition coefficient (Wildman–Crippen LogP) is 3.68. The fraction of sp³-hybridized carbons (Fsp3) is 0.500. The average Bonchev–Trinajstić information content (AvgIpc) is 2.76. The van der Waals surface area contributed by atoms with Crippen molar-refractivity contribution in [3.63, 3.8) is 0 Å². The number of piperidine rings is 1. The van der Waals surface area contributed by atoms with Gasteiger partial charge in [-0.1, -0.05) is 6.07 Å². The molecule has 1 atom stereocenters. The van der Waals surface area contributed by atoms with Gasteiger partial charge in [0.2, 0.25) is 0 Å². The first-order valence-electron chi connectivity index (χ1n) is 7.57. The number of halogens is 3. The van der Waals surface area contributed by atoms with Gasteiger partial charge in [0, 0.05) is 29.4 Å². The molecule has 1 aliphatic rings. The minimum absolute atomic E-state index is 0.325. The molecule has 0 saturated carbocycles. The van der Waals surface area contributed by atoms with Crippen LogP contribution in [-0.2, 0) is 6.54 Å². The zero-order valence-electron chi connectivity index (χ0n) is 12.5. The zero-order chi connectivity index (χ0) is 15.7. The fourth-order valence-electron chi connectivity index (χ4n) is 3.13. The molecule has 0 spiro atoms. The number of nitrogens with one attached hydrogen (secondary N) is 2. The Labute approximate surface area is 127 Å². The van der Waals surface area contributed by atoms with Crippen LogP contribution in [-0.4, -0.2) is 29.9 Å². The Morgan fingerprint density at radius 3 is 2.86 bits per heavy atom. The maximum atomic E-state index is 12.8. The predicted molar refractivity (Wildman–Crippen MR) is 82.2 cm³/mol. The third kappa shape index (κ3) is 3.21. The van der Waals surface area contributed by atoms with Crippen molar-refractivity contribution in [2.75, 3.05) is 18.4 Å². The van der Waals surface area contributed by atoms with Gasteiger partial charge in [-0.3, -0.25) is 0 Å². The van der Waals surface area contributed by atoms with E-state index in [0.717, 1.165) is 37.0 Å². The van der Waals surface area contributed by atoms with Gasteiger partial charge in [0.15, 0.2) is 0 Å². The molecule has 0 amide bonds. The Morgan fingerprint density at radius 2 is 2.18 bits per heavy atom. The highest BCUT2D eigenvalue weighted by Crippen LogP contribution is 2.30. The van der Waals surface area contributed by atoms with Crippen LogP contribution < -0.4 is 10.6 Å². The van der Waals surface area contributed by atoms with Gasteiger partial charge in [0.05, 0.1) is 5.52 Å². The third-order valence-electron chi connectivity index (χ3n) is 4.15. The second-order valence-corrected chi connectivity index (χ2v) is 5.91. The first-order chi connectivity index (χ1) is 10.4. The monoisotopic (exact) mass is 311 g/mol. The van der Waals surface area contributed by atoms with Crippen LogP contribution in [0.1, 0.15) is 18.5 Å². The smallest absolute Gasteiger partial charge is 0.380 e. The summed E-state index contributed by atoms with van der Waals surface area (Å²) < 4.78 is 39.6. The molecule has 3 rings (SSSR count). The van der Waals surface area contributed by atoms with E-state index in [0.29, 0.717) is 17.3 Å². The van der Waals surface area contributed by atoms with Gasteiger partial charge in [-0.25, -0.2) is 0 Å².